The molecule has 0 bridgehead atoms. The second-order valence-electron chi connectivity index (χ2n) is 6.80. The summed E-state index contributed by atoms with van der Waals surface area (Å²) < 4.78 is 26.2. The number of carbonyl (C=O) groups excluding carboxylic acids is 2. The molecule has 1 amide bonds. The van der Waals surface area contributed by atoms with Crippen molar-refractivity contribution in [2.45, 2.75) is 43.7 Å². The third-order valence-corrected chi connectivity index (χ3v) is 7.78. The summed E-state index contributed by atoms with van der Waals surface area (Å²) >= 11 is 3.31. The number of rotatable bonds is 13. The lowest BCUT2D eigenvalue weighted by molar-refractivity contribution is -0.144. The molecule has 1 saturated heterocycles. The van der Waals surface area contributed by atoms with E-state index in [1.807, 2.05) is 0 Å². The Morgan fingerprint density at radius 1 is 1.27 bits per heavy atom. The van der Waals surface area contributed by atoms with Gasteiger partial charge in [-0.2, -0.15) is 0 Å². The van der Waals surface area contributed by atoms with Crippen molar-refractivity contribution in [3.05, 3.63) is 0 Å². The van der Waals surface area contributed by atoms with Gasteiger partial charge in [-0.3, -0.25) is 9.59 Å². The summed E-state index contributed by atoms with van der Waals surface area (Å²) in [6, 6.07) is 0.605. The first-order chi connectivity index (χ1) is 12.2. The van der Waals surface area contributed by atoms with Crippen molar-refractivity contribution < 1.29 is 32.3 Å². The van der Waals surface area contributed by atoms with E-state index in [0.717, 1.165) is 0 Å². The van der Waals surface area contributed by atoms with Gasteiger partial charge < -0.3 is 28.1 Å². The predicted molar refractivity (Wildman–Crippen MR) is 101 cm³/mol. The average Bonchev–Trinajstić information content (AvgIpc) is 3.44. The summed E-state index contributed by atoms with van der Waals surface area (Å²) in [5.41, 5.74) is -0.721. The number of esters is 1. The van der Waals surface area contributed by atoms with Crippen molar-refractivity contribution in [2.24, 2.45) is 5.41 Å². The fraction of sp³-hybridized carbons (Fsp3) is 0.875. The van der Waals surface area contributed by atoms with Crippen molar-refractivity contribution in [3.63, 3.8) is 0 Å². The van der Waals surface area contributed by atoms with Gasteiger partial charge >= 0.3 is 14.8 Å². The van der Waals surface area contributed by atoms with Crippen molar-refractivity contribution in [1.82, 2.24) is 5.32 Å². The maximum Gasteiger partial charge on any atom is 0.500 e. The average molecular weight is 456 g/mol. The second-order valence-corrected chi connectivity index (χ2v) is 11.0. The van der Waals surface area contributed by atoms with E-state index in [1.54, 1.807) is 35.2 Å². The fourth-order valence-electron chi connectivity index (χ4n) is 2.36. The third kappa shape index (κ3) is 7.61. The Kier molecular flexibility index (Phi) is 9.69. The molecule has 1 N–H and O–H groups in total. The van der Waals surface area contributed by atoms with Crippen molar-refractivity contribution >= 4 is 36.6 Å². The van der Waals surface area contributed by atoms with E-state index in [0.29, 0.717) is 32.0 Å². The first-order valence-electron chi connectivity index (χ1n) is 8.55. The van der Waals surface area contributed by atoms with Crippen LogP contribution < -0.4 is 5.32 Å². The topological polar surface area (TPSA) is 95.6 Å². The number of hydrogen-bond acceptors (Lipinski definition) is 7. The zero-order valence-electron chi connectivity index (χ0n) is 16.1. The summed E-state index contributed by atoms with van der Waals surface area (Å²) in [4.78, 5) is 23.9. The minimum absolute atomic E-state index is 0.0249. The van der Waals surface area contributed by atoms with Gasteiger partial charge in [0.2, 0.25) is 5.91 Å². The Labute approximate surface area is 164 Å². The maximum atomic E-state index is 12.4. The molecule has 2 atom stereocenters. The summed E-state index contributed by atoms with van der Waals surface area (Å²) in [7, 11) is 2.06. The van der Waals surface area contributed by atoms with Crippen LogP contribution in [0.25, 0.3) is 0 Å². The number of alkyl halides is 1. The summed E-state index contributed by atoms with van der Waals surface area (Å²) in [5, 5.41) is 2.90. The molecule has 0 aromatic carbocycles. The highest BCUT2D eigenvalue weighted by atomic mass is 79.9. The molecule has 26 heavy (non-hydrogen) atoms. The monoisotopic (exact) mass is 455 g/mol. The van der Waals surface area contributed by atoms with Gasteiger partial charge in [-0.1, -0.05) is 29.8 Å². The zero-order valence-corrected chi connectivity index (χ0v) is 18.7. The smallest absolute Gasteiger partial charge is 0.462 e. The van der Waals surface area contributed by atoms with E-state index in [9.17, 15) is 9.59 Å². The normalized spacial score (nSPS) is 18.3. The number of halogens is 1. The minimum atomic E-state index is -2.62. The van der Waals surface area contributed by atoms with Gasteiger partial charge in [-0.05, 0) is 12.8 Å². The van der Waals surface area contributed by atoms with E-state index in [2.05, 4.69) is 21.2 Å². The van der Waals surface area contributed by atoms with Crippen LogP contribution in [-0.4, -0.2) is 72.7 Å². The summed E-state index contributed by atoms with van der Waals surface area (Å²) in [6.07, 6.45) is 1.03. The third-order valence-electron chi connectivity index (χ3n) is 4.25. The number of ether oxygens (including phenoxy) is 2. The molecule has 0 radical (unpaired) electrons. The van der Waals surface area contributed by atoms with Crippen LogP contribution in [0, 0.1) is 5.41 Å². The van der Waals surface area contributed by atoms with E-state index in [-0.39, 0.29) is 24.6 Å². The maximum absolute atomic E-state index is 12.4. The molecule has 1 heterocycles. The highest BCUT2D eigenvalue weighted by Gasteiger charge is 2.37. The molecule has 0 spiro atoms. The van der Waals surface area contributed by atoms with E-state index >= 15 is 0 Å². The molecule has 1 rings (SSSR count). The number of nitrogens with one attached hydrogen (secondary N) is 1. The van der Waals surface area contributed by atoms with Crippen molar-refractivity contribution in [2.75, 3.05) is 41.1 Å². The van der Waals surface area contributed by atoms with Crippen LogP contribution in [0.2, 0.25) is 6.04 Å². The van der Waals surface area contributed by atoms with Gasteiger partial charge in [-0.25, -0.2) is 0 Å². The molecular weight excluding hydrogens is 426 g/mol. The molecule has 152 valence electrons. The SMILES string of the molecule is CO[Si](CCCNC(=O)C(C)(C)CC(Br)C(=O)OCC1CO1)(OC)OC. The fourth-order valence-corrected chi connectivity index (χ4v) is 5.02. The second kappa shape index (κ2) is 10.7. The first-order valence-corrected chi connectivity index (χ1v) is 11.4. The molecule has 0 saturated carbocycles. The van der Waals surface area contributed by atoms with E-state index < -0.39 is 19.0 Å². The van der Waals surface area contributed by atoms with Gasteiger partial charge in [0.15, 0.2) is 0 Å². The summed E-state index contributed by atoms with van der Waals surface area (Å²) in [6.45, 7) is 4.97. The largest absolute Gasteiger partial charge is 0.500 e. The predicted octanol–water partition coefficient (Wildman–Crippen LogP) is 1.49. The molecule has 2 unspecified atom stereocenters. The molecule has 0 aliphatic carbocycles. The van der Waals surface area contributed by atoms with Crippen LogP contribution in [0.5, 0.6) is 0 Å². The Morgan fingerprint density at radius 2 is 1.85 bits per heavy atom. The lowest BCUT2D eigenvalue weighted by Crippen LogP contribution is -2.44. The van der Waals surface area contributed by atoms with Crippen LogP contribution in [-0.2, 0) is 32.3 Å². The van der Waals surface area contributed by atoms with Gasteiger partial charge in [0.05, 0.1) is 6.61 Å². The lowest BCUT2D eigenvalue weighted by atomic mass is 9.86. The molecule has 0 aromatic rings. The minimum Gasteiger partial charge on any atom is -0.462 e. The Balaban J connectivity index is 2.35. The van der Waals surface area contributed by atoms with Crippen LogP contribution in [0.15, 0.2) is 0 Å². The Morgan fingerprint density at radius 3 is 2.35 bits per heavy atom. The van der Waals surface area contributed by atoms with Gasteiger partial charge in [0, 0.05) is 39.3 Å². The molecular formula is C16H30BrNO7Si. The van der Waals surface area contributed by atoms with Crippen LogP contribution in [0.1, 0.15) is 26.7 Å². The zero-order chi connectivity index (χ0) is 19.8. The number of hydrogen-bond donors (Lipinski definition) is 1. The van der Waals surface area contributed by atoms with Gasteiger partial charge in [-0.15, -0.1) is 0 Å². The Bertz CT molecular complexity index is 461. The first kappa shape index (κ1) is 23.5. The Hall–Kier alpha value is -0.523. The highest BCUT2D eigenvalue weighted by molar-refractivity contribution is 9.10. The molecule has 1 aliphatic rings. The number of amides is 1. The highest BCUT2D eigenvalue weighted by Crippen LogP contribution is 2.27. The summed E-state index contributed by atoms with van der Waals surface area (Å²) in [5.74, 6) is -0.503. The standard InChI is InChI=1S/C16H30BrNO7Si/c1-16(2,9-13(17)14(19)25-11-12-10-24-12)15(20)18-7-6-8-26(21-3,22-4)23-5/h12-13H,6-11H2,1-5H3,(H,18,20). The molecule has 0 aromatic heterocycles. The molecule has 1 fully saturated rings. The molecule has 8 nitrogen and oxygen atoms in total. The number of epoxide rings is 1. The quantitative estimate of drug-likeness (QED) is 0.148. The lowest BCUT2D eigenvalue weighted by Gasteiger charge is -2.26. The van der Waals surface area contributed by atoms with E-state index in [1.165, 1.54) is 0 Å². The van der Waals surface area contributed by atoms with Gasteiger partial charge in [0.25, 0.3) is 0 Å². The molecule has 10 heteroatoms. The van der Waals surface area contributed by atoms with Crippen LogP contribution >= 0.6 is 15.9 Å². The molecule has 1 aliphatic heterocycles. The van der Waals surface area contributed by atoms with Crippen molar-refractivity contribution in [3.8, 4) is 0 Å². The van der Waals surface area contributed by atoms with Gasteiger partial charge in [0.1, 0.15) is 17.5 Å². The van der Waals surface area contributed by atoms with Crippen LogP contribution in [0.3, 0.4) is 0 Å². The van der Waals surface area contributed by atoms with Crippen molar-refractivity contribution in [1.29, 1.82) is 0 Å². The van der Waals surface area contributed by atoms with E-state index in [4.69, 9.17) is 22.8 Å². The van der Waals surface area contributed by atoms with Crippen LogP contribution in [0.4, 0.5) is 0 Å². The number of carbonyl (C=O) groups is 2.